The van der Waals surface area contributed by atoms with Gasteiger partial charge in [0.05, 0.1) is 0 Å². The molecule has 0 aliphatic carbocycles. The number of hydrogen-bond acceptors (Lipinski definition) is 2. The number of rotatable bonds is 2. The zero-order chi connectivity index (χ0) is 12.3. The van der Waals surface area contributed by atoms with Crippen LogP contribution in [0.15, 0.2) is 24.3 Å². The number of aryl methyl sites for hydroxylation is 1. The number of carbonyl (C=O) groups is 1. The first-order valence-corrected chi connectivity index (χ1v) is 6.26. The van der Waals surface area contributed by atoms with Gasteiger partial charge in [0.25, 0.3) is 5.91 Å². The normalized spacial score (nSPS) is 24.4. The van der Waals surface area contributed by atoms with Gasteiger partial charge in [-0.15, -0.1) is 0 Å². The van der Waals surface area contributed by atoms with Crippen LogP contribution in [0.1, 0.15) is 35.7 Å². The maximum Gasteiger partial charge on any atom is 0.251 e. The summed E-state index contributed by atoms with van der Waals surface area (Å²) in [6.45, 7) is 5.07. The van der Waals surface area contributed by atoms with Crippen LogP contribution in [0.2, 0.25) is 0 Å². The van der Waals surface area contributed by atoms with Crippen molar-refractivity contribution >= 4 is 5.91 Å². The number of nitrogens with one attached hydrogen (secondary N) is 2. The van der Waals surface area contributed by atoms with Crippen molar-refractivity contribution in [2.24, 2.45) is 0 Å². The van der Waals surface area contributed by atoms with Crippen molar-refractivity contribution in [1.29, 1.82) is 0 Å². The van der Waals surface area contributed by atoms with Crippen molar-refractivity contribution in [1.82, 2.24) is 10.6 Å². The van der Waals surface area contributed by atoms with Crippen LogP contribution in [0.25, 0.3) is 0 Å². The first-order valence-electron chi connectivity index (χ1n) is 6.26. The number of hydrogen-bond donors (Lipinski definition) is 2. The monoisotopic (exact) mass is 232 g/mol. The lowest BCUT2D eigenvalue weighted by atomic mass is 10.0. The van der Waals surface area contributed by atoms with Crippen LogP contribution >= 0.6 is 0 Å². The van der Waals surface area contributed by atoms with Gasteiger partial charge >= 0.3 is 0 Å². The molecule has 2 N–H and O–H groups in total. The van der Waals surface area contributed by atoms with E-state index in [1.807, 2.05) is 31.2 Å². The Hall–Kier alpha value is -1.35. The van der Waals surface area contributed by atoms with E-state index in [4.69, 9.17) is 0 Å². The van der Waals surface area contributed by atoms with Gasteiger partial charge in [0.1, 0.15) is 0 Å². The lowest BCUT2D eigenvalue weighted by Gasteiger charge is -2.28. The molecule has 0 aromatic heterocycles. The lowest BCUT2D eigenvalue weighted by molar-refractivity contribution is 0.0927. The molecular formula is C14H20N2O. The summed E-state index contributed by atoms with van der Waals surface area (Å²) < 4.78 is 0. The molecule has 3 heteroatoms. The summed E-state index contributed by atoms with van der Waals surface area (Å²) in [4.78, 5) is 12.0. The minimum absolute atomic E-state index is 0.0337. The standard InChI is InChI=1S/C14H20N2O/c1-10-3-6-12(7-4-10)14(17)16-13-8-5-11(2)15-9-13/h3-4,6-7,11,13,15H,5,8-9H2,1-2H3,(H,16,17). The molecule has 92 valence electrons. The molecule has 0 radical (unpaired) electrons. The molecule has 1 fully saturated rings. The molecule has 1 saturated heterocycles. The zero-order valence-electron chi connectivity index (χ0n) is 10.5. The fourth-order valence-electron chi connectivity index (χ4n) is 2.10. The first-order chi connectivity index (χ1) is 8.15. The maximum absolute atomic E-state index is 12.0. The van der Waals surface area contributed by atoms with Crippen molar-refractivity contribution in [2.75, 3.05) is 6.54 Å². The fourth-order valence-corrected chi connectivity index (χ4v) is 2.10. The van der Waals surface area contributed by atoms with E-state index in [9.17, 15) is 4.79 Å². The molecular weight excluding hydrogens is 212 g/mol. The van der Waals surface area contributed by atoms with Gasteiger partial charge in [-0.05, 0) is 38.8 Å². The Morgan fingerprint density at radius 1 is 1.29 bits per heavy atom. The molecule has 17 heavy (non-hydrogen) atoms. The number of piperidine rings is 1. The van der Waals surface area contributed by atoms with Crippen LogP contribution in [0, 0.1) is 6.92 Å². The highest BCUT2D eigenvalue weighted by Gasteiger charge is 2.19. The van der Waals surface area contributed by atoms with Crippen molar-refractivity contribution < 1.29 is 4.79 Å². The minimum atomic E-state index is 0.0337. The van der Waals surface area contributed by atoms with Crippen molar-refractivity contribution in [3.05, 3.63) is 35.4 Å². The zero-order valence-corrected chi connectivity index (χ0v) is 10.5. The molecule has 1 aliphatic heterocycles. The molecule has 2 rings (SSSR count). The van der Waals surface area contributed by atoms with Gasteiger partial charge in [-0.2, -0.15) is 0 Å². The topological polar surface area (TPSA) is 41.1 Å². The summed E-state index contributed by atoms with van der Waals surface area (Å²) in [6.07, 6.45) is 2.19. The first kappa shape index (κ1) is 12.1. The van der Waals surface area contributed by atoms with E-state index in [1.54, 1.807) is 0 Å². The average Bonchev–Trinajstić information content (AvgIpc) is 2.33. The second-order valence-electron chi connectivity index (χ2n) is 4.92. The summed E-state index contributed by atoms with van der Waals surface area (Å²) in [5.74, 6) is 0.0337. The highest BCUT2D eigenvalue weighted by atomic mass is 16.1. The summed E-state index contributed by atoms with van der Waals surface area (Å²) in [6, 6.07) is 8.53. The van der Waals surface area contributed by atoms with E-state index < -0.39 is 0 Å². The van der Waals surface area contributed by atoms with Gasteiger partial charge in [-0.1, -0.05) is 17.7 Å². The molecule has 1 aliphatic rings. The fraction of sp³-hybridized carbons (Fsp3) is 0.500. The number of benzene rings is 1. The van der Waals surface area contributed by atoms with E-state index >= 15 is 0 Å². The Morgan fingerprint density at radius 2 is 2.00 bits per heavy atom. The van der Waals surface area contributed by atoms with Crippen LogP contribution in [0.4, 0.5) is 0 Å². The molecule has 3 nitrogen and oxygen atoms in total. The third-order valence-electron chi connectivity index (χ3n) is 3.31. The van der Waals surface area contributed by atoms with Gasteiger partial charge in [-0.25, -0.2) is 0 Å². The van der Waals surface area contributed by atoms with Gasteiger partial charge in [0, 0.05) is 24.2 Å². The largest absolute Gasteiger partial charge is 0.348 e. The Balaban J connectivity index is 1.91. The van der Waals surface area contributed by atoms with Gasteiger partial charge in [-0.3, -0.25) is 4.79 Å². The summed E-state index contributed by atoms with van der Waals surface area (Å²) in [5, 5.41) is 6.46. The van der Waals surface area contributed by atoms with E-state index in [2.05, 4.69) is 17.6 Å². The minimum Gasteiger partial charge on any atom is -0.348 e. The quantitative estimate of drug-likeness (QED) is 0.817. The van der Waals surface area contributed by atoms with Crippen molar-refractivity contribution in [3.63, 3.8) is 0 Å². The SMILES string of the molecule is Cc1ccc(C(=O)NC2CCC(C)NC2)cc1. The predicted molar refractivity (Wildman–Crippen MR) is 69.1 cm³/mol. The summed E-state index contributed by atoms with van der Waals surface area (Å²) >= 11 is 0. The Labute approximate surface area is 103 Å². The molecule has 1 aromatic rings. The number of carbonyl (C=O) groups excluding carboxylic acids is 1. The molecule has 1 aromatic carbocycles. The lowest BCUT2D eigenvalue weighted by Crippen LogP contribution is -2.48. The van der Waals surface area contributed by atoms with Crippen LogP contribution in [-0.2, 0) is 0 Å². The summed E-state index contributed by atoms with van der Waals surface area (Å²) in [7, 11) is 0. The van der Waals surface area contributed by atoms with Gasteiger partial charge in [0.2, 0.25) is 0 Å². The van der Waals surface area contributed by atoms with Crippen LogP contribution in [0.5, 0.6) is 0 Å². The molecule has 2 unspecified atom stereocenters. The second kappa shape index (κ2) is 5.32. The van der Waals surface area contributed by atoms with E-state index in [1.165, 1.54) is 5.56 Å². The second-order valence-corrected chi connectivity index (χ2v) is 4.92. The van der Waals surface area contributed by atoms with Crippen LogP contribution in [-0.4, -0.2) is 24.5 Å². The molecule has 1 heterocycles. The van der Waals surface area contributed by atoms with Gasteiger partial charge < -0.3 is 10.6 Å². The average molecular weight is 232 g/mol. The van der Waals surface area contributed by atoms with Crippen LogP contribution < -0.4 is 10.6 Å². The molecule has 0 bridgehead atoms. The van der Waals surface area contributed by atoms with E-state index in [0.29, 0.717) is 6.04 Å². The van der Waals surface area contributed by atoms with Gasteiger partial charge in [0.15, 0.2) is 0 Å². The highest BCUT2D eigenvalue weighted by molar-refractivity contribution is 5.94. The highest BCUT2D eigenvalue weighted by Crippen LogP contribution is 2.09. The Bertz CT molecular complexity index is 378. The van der Waals surface area contributed by atoms with E-state index in [-0.39, 0.29) is 11.9 Å². The van der Waals surface area contributed by atoms with Crippen LogP contribution in [0.3, 0.4) is 0 Å². The van der Waals surface area contributed by atoms with E-state index in [0.717, 1.165) is 24.9 Å². The third kappa shape index (κ3) is 3.30. The number of amides is 1. The molecule has 2 atom stereocenters. The summed E-state index contributed by atoms with van der Waals surface area (Å²) in [5.41, 5.74) is 1.92. The maximum atomic E-state index is 12.0. The smallest absolute Gasteiger partial charge is 0.251 e. The predicted octanol–water partition coefficient (Wildman–Crippen LogP) is 1.87. The molecule has 0 saturated carbocycles. The Morgan fingerprint density at radius 3 is 2.59 bits per heavy atom. The van der Waals surface area contributed by atoms with Crippen molar-refractivity contribution in [2.45, 2.75) is 38.8 Å². The third-order valence-corrected chi connectivity index (χ3v) is 3.31. The molecule has 1 amide bonds. The molecule has 0 spiro atoms. The Kier molecular flexibility index (Phi) is 3.79. The van der Waals surface area contributed by atoms with Crippen molar-refractivity contribution in [3.8, 4) is 0 Å².